The molecule has 0 saturated carbocycles. The lowest BCUT2D eigenvalue weighted by molar-refractivity contribution is 0.289. The summed E-state index contributed by atoms with van der Waals surface area (Å²) in [5, 5.41) is 0.896. The van der Waals surface area contributed by atoms with Crippen LogP contribution in [-0.2, 0) is 6.54 Å². The van der Waals surface area contributed by atoms with Gasteiger partial charge >= 0.3 is 5.63 Å². The van der Waals surface area contributed by atoms with E-state index in [-0.39, 0.29) is 11.4 Å². The Labute approximate surface area is 131 Å². The first-order valence-electron chi connectivity index (χ1n) is 7.31. The van der Waals surface area contributed by atoms with E-state index < -0.39 is 0 Å². The fraction of sp³-hybridized carbons (Fsp3) is 0.167. The molecule has 0 spiro atoms. The molecule has 23 heavy (non-hydrogen) atoms. The van der Waals surface area contributed by atoms with Crippen LogP contribution in [0.5, 0.6) is 5.75 Å². The monoisotopic (exact) mass is 311 g/mol. The van der Waals surface area contributed by atoms with Crippen LogP contribution in [0, 0.1) is 12.7 Å². The number of rotatable bonds is 1. The van der Waals surface area contributed by atoms with Gasteiger partial charge in [-0.05, 0) is 48.9 Å². The van der Waals surface area contributed by atoms with Crippen LogP contribution in [0.25, 0.3) is 11.0 Å². The third kappa shape index (κ3) is 2.34. The molecule has 0 amide bonds. The van der Waals surface area contributed by atoms with Gasteiger partial charge in [0.05, 0.1) is 12.1 Å². The van der Waals surface area contributed by atoms with E-state index in [0.717, 1.165) is 22.2 Å². The Balaban J connectivity index is 1.82. The highest BCUT2D eigenvalue weighted by atomic mass is 19.1. The normalized spacial score (nSPS) is 13.7. The highest BCUT2D eigenvalue weighted by molar-refractivity contribution is 5.85. The van der Waals surface area contributed by atoms with Crippen molar-refractivity contribution in [2.24, 2.45) is 0 Å². The maximum Gasteiger partial charge on any atom is 0.336 e. The highest BCUT2D eigenvalue weighted by Gasteiger charge is 2.22. The molecule has 1 aliphatic rings. The first kappa shape index (κ1) is 13.8. The molecule has 4 rings (SSSR count). The molecule has 4 nitrogen and oxygen atoms in total. The predicted octanol–water partition coefficient (Wildman–Crippen LogP) is 3.60. The van der Waals surface area contributed by atoms with Crippen LogP contribution in [-0.4, -0.2) is 6.73 Å². The lowest BCUT2D eigenvalue weighted by Crippen LogP contribution is -2.32. The molecule has 0 radical (unpaired) electrons. The quantitative estimate of drug-likeness (QED) is 0.644. The molecule has 0 unspecified atom stereocenters. The predicted molar refractivity (Wildman–Crippen MR) is 85.3 cm³/mol. The summed E-state index contributed by atoms with van der Waals surface area (Å²) in [5.74, 6) is 0.434. The molecule has 0 bridgehead atoms. The van der Waals surface area contributed by atoms with Gasteiger partial charge in [0, 0.05) is 17.1 Å². The summed E-state index contributed by atoms with van der Waals surface area (Å²) in [7, 11) is 0. The lowest BCUT2D eigenvalue weighted by Gasteiger charge is -2.31. The zero-order chi connectivity index (χ0) is 16.0. The van der Waals surface area contributed by atoms with E-state index in [9.17, 15) is 9.18 Å². The van der Waals surface area contributed by atoms with Crippen molar-refractivity contribution >= 4 is 16.7 Å². The molecular weight excluding hydrogens is 297 g/mol. The molecule has 3 aromatic rings. The molecule has 1 aromatic heterocycles. The Hall–Kier alpha value is -2.82. The van der Waals surface area contributed by atoms with Crippen molar-refractivity contribution in [2.75, 3.05) is 11.6 Å². The minimum atomic E-state index is -0.373. The number of aryl methyl sites for hydroxylation is 1. The molecule has 0 N–H and O–H groups in total. The second-order valence-electron chi connectivity index (χ2n) is 5.62. The third-order valence-corrected chi connectivity index (χ3v) is 4.10. The summed E-state index contributed by atoms with van der Waals surface area (Å²) in [6, 6.07) is 11.5. The maximum atomic E-state index is 13.1. The van der Waals surface area contributed by atoms with Crippen LogP contribution in [0.15, 0.2) is 51.7 Å². The summed E-state index contributed by atoms with van der Waals surface area (Å²) >= 11 is 0. The largest absolute Gasteiger partial charge is 0.473 e. The number of halogens is 1. The van der Waals surface area contributed by atoms with Crippen molar-refractivity contribution in [2.45, 2.75) is 13.5 Å². The van der Waals surface area contributed by atoms with Crippen molar-refractivity contribution in [1.29, 1.82) is 0 Å². The third-order valence-electron chi connectivity index (χ3n) is 4.10. The average Bonchev–Trinajstić information content (AvgIpc) is 2.55. The summed E-state index contributed by atoms with van der Waals surface area (Å²) in [5.41, 5.74) is 2.74. The van der Waals surface area contributed by atoms with Crippen LogP contribution in [0.4, 0.5) is 10.1 Å². The average molecular weight is 311 g/mol. The molecule has 0 aliphatic carbocycles. The van der Waals surface area contributed by atoms with Gasteiger partial charge in [-0.3, -0.25) is 0 Å². The SMILES string of the molecule is Cc1cc(=O)oc2c3c(ccc12)OCN(c1ccc(F)cc1)C3. The zero-order valence-electron chi connectivity index (χ0n) is 12.5. The number of benzene rings is 2. The summed E-state index contributed by atoms with van der Waals surface area (Å²) in [4.78, 5) is 13.7. The molecule has 0 fully saturated rings. The van der Waals surface area contributed by atoms with Gasteiger partial charge in [-0.1, -0.05) is 0 Å². The zero-order valence-corrected chi connectivity index (χ0v) is 12.5. The fourth-order valence-electron chi connectivity index (χ4n) is 2.91. The standard InChI is InChI=1S/C18H14FNO3/c1-11-8-17(21)23-18-14(11)6-7-16-15(18)9-20(10-22-16)13-4-2-12(19)3-5-13/h2-8H,9-10H2,1H3. The highest BCUT2D eigenvalue weighted by Crippen LogP contribution is 2.34. The van der Waals surface area contributed by atoms with Gasteiger partial charge in [-0.15, -0.1) is 0 Å². The molecule has 0 atom stereocenters. The van der Waals surface area contributed by atoms with Gasteiger partial charge < -0.3 is 14.1 Å². The van der Waals surface area contributed by atoms with Crippen LogP contribution in [0.1, 0.15) is 11.1 Å². The first-order valence-corrected chi connectivity index (χ1v) is 7.31. The van der Waals surface area contributed by atoms with Gasteiger partial charge in [-0.25, -0.2) is 9.18 Å². The van der Waals surface area contributed by atoms with Crippen molar-refractivity contribution in [3.63, 3.8) is 0 Å². The lowest BCUT2D eigenvalue weighted by atomic mass is 10.0. The Morgan fingerprint density at radius 3 is 2.70 bits per heavy atom. The Bertz CT molecular complexity index is 947. The number of ether oxygens (including phenoxy) is 1. The number of fused-ring (bicyclic) bond motifs is 3. The topological polar surface area (TPSA) is 42.7 Å². The molecule has 5 heteroatoms. The van der Waals surface area contributed by atoms with Crippen LogP contribution >= 0.6 is 0 Å². The molecule has 2 aromatic carbocycles. The molecule has 0 saturated heterocycles. The minimum Gasteiger partial charge on any atom is -0.473 e. The number of hydrogen-bond donors (Lipinski definition) is 0. The second kappa shape index (κ2) is 5.12. The van der Waals surface area contributed by atoms with Gasteiger partial charge in [0.15, 0.2) is 6.73 Å². The van der Waals surface area contributed by atoms with E-state index in [0.29, 0.717) is 24.6 Å². The minimum absolute atomic E-state index is 0.279. The van der Waals surface area contributed by atoms with Crippen molar-refractivity contribution in [3.05, 3.63) is 69.8 Å². The van der Waals surface area contributed by atoms with E-state index in [1.54, 1.807) is 12.1 Å². The van der Waals surface area contributed by atoms with E-state index >= 15 is 0 Å². The van der Waals surface area contributed by atoms with E-state index in [1.165, 1.54) is 18.2 Å². The summed E-state index contributed by atoms with van der Waals surface area (Å²) < 4.78 is 24.3. The van der Waals surface area contributed by atoms with Gasteiger partial charge in [-0.2, -0.15) is 0 Å². The van der Waals surface area contributed by atoms with Crippen LogP contribution in [0.3, 0.4) is 0 Å². The Kier molecular flexibility index (Phi) is 3.08. The van der Waals surface area contributed by atoms with Crippen LogP contribution in [0.2, 0.25) is 0 Å². The van der Waals surface area contributed by atoms with Gasteiger partial charge in [0.25, 0.3) is 0 Å². The number of nitrogens with zero attached hydrogens (tertiary/aromatic N) is 1. The molecule has 1 aliphatic heterocycles. The van der Waals surface area contributed by atoms with E-state index in [1.807, 2.05) is 24.0 Å². The Morgan fingerprint density at radius 1 is 1.13 bits per heavy atom. The Morgan fingerprint density at radius 2 is 1.91 bits per heavy atom. The van der Waals surface area contributed by atoms with Gasteiger partial charge in [0.2, 0.25) is 0 Å². The summed E-state index contributed by atoms with van der Waals surface area (Å²) in [6.07, 6.45) is 0. The molecule has 2 heterocycles. The number of hydrogen-bond acceptors (Lipinski definition) is 4. The smallest absolute Gasteiger partial charge is 0.336 e. The van der Waals surface area contributed by atoms with E-state index in [4.69, 9.17) is 9.15 Å². The molecule has 116 valence electrons. The van der Waals surface area contributed by atoms with Crippen molar-refractivity contribution in [1.82, 2.24) is 0 Å². The van der Waals surface area contributed by atoms with Crippen molar-refractivity contribution < 1.29 is 13.5 Å². The van der Waals surface area contributed by atoms with Gasteiger partial charge in [0.1, 0.15) is 17.1 Å². The summed E-state index contributed by atoms with van der Waals surface area (Å²) in [6.45, 7) is 2.78. The maximum absolute atomic E-state index is 13.1. The molecular formula is C18H14FNO3. The number of anilines is 1. The van der Waals surface area contributed by atoms with Crippen LogP contribution < -0.4 is 15.3 Å². The van der Waals surface area contributed by atoms with E-state index in [2.05, 4.69) is 0 Å². The first-order chi connectivity index (χ1) is 11.1. The van der Waals surface area contributed by atoms with Crippen molar-refractivity contribution in [3.8, 4) is 5.75 Å². The second-order valence-corrected chi connectivity index (χ2v) is 5.62. The fourth-order valence-corrected chi connectivity index (χ4v) is 2.91.